The number of benzene rings is 2. The summed E-state index contributed by atoms with van der Waals surface area (Å²) in [5, 5.41) is 3.01. The highest BCUT2D eigenvalue weighted by molar-refractivity contribution is 9.10. The number of para-hydroxylation sites is 1. The van der Waals surface area contributed by atoms with E-state index in [1.165, 1.54) is 4.90 Å². The van der Waals surface area contributed by atoms with Crippen LogP contribution in [0.2, 0.25) is 0 Å². The first kappa shape index (κ1) is 18.3. The minimum atomic E-state index is -1.12. The number of nitrogens with one attached hydrogen (secondary N) is 1. The molecule has 0 bridgehead atoms. The Kier molecular flexibility index (Phi) is 3.66. The van der Waals surface area contributed by atoms with E-state index in [0.717, 1.165) is 29.7 Å². The first-order valence-electron chi connectivity index (χ1n) is 10.3. The molecule has 0 saturated carbocycles. The lowest BCUT2D eigenvalue weighted by atomic mass is 9.75. The molecule has 4 aliphatic heterocycles. The van der Waals surface area contributed by atoms with Crippen molar-refractivity contribution in [2.75, 3.05) is 16.8 Å². The Morgan fingerprint density at radius 1 is 1.10 bits per heavy atom. The van der Waals surface area contributed by atoms with Crippen LogP contribution >= 0.6 is 15.9 Å². The van der Waals surface area contributed by atoms with Crippen molar-refractivity contribution in [1.29, 1.82) is 0 Å². The van der Waals surface area contributed by atoms with Crippen LogP contribution in [-0.2, 0) is 19.9 Å². The van der Waals surface area contributed by atoms with E-state index in [1.54, 1.807) is 6.07 Å². The van der Waals surface area contributed by atoms with E-state index in [2.05, 4.69) is 26.1 Å². The number of imide groups is 1. The number of fused-ring (bicyclic) bond motifs is 7. The zero-order chi connectivity index (χ0) is 20.8. The topological polar surface area (TPSA) is 69.7 Å². The van der Waals surface area contributed by atoms with E-state index >= 15 is 0 Å². The first-order valence-corrected chi connectivity index (χ1v) is 11.1. The maximum atomic E-state index is 13.9. The number of hydrogen-bond acceptors (Lipinski definition) is 4. The van der Waals surface area contributed by atoms with Crippen molar-refractivity contribution >= 4 is 45.0 Å². The van der Waals surface area contributed by atoms with Gasteiger partial charge in [0.15, 0.2) is 0 Å². The Bertz CT molecular complexity index is 1150. The molecule has 0 radical (unpaired) electrons. The quantitative estimate of drug-likeness (QED) is 0.656. The van der Waals surface area contributed by atoms with E-state index in [1.807, 2.05) is 43.3 Å². The Balaban J connectivity index is 1.58. The van der Waals surface area contributed by atoms with Crippen LogP contribution in [0.15, 0.2) is 46.9 Å². The summed E-state index contributed by atoms with van der Waals surface area (Å²) in [4.78, 5) is 44.5. The van der Waals surface area contributed by atoms with Crippen molar-refractivity contribution in [3.8, 4) is 0 Å². The molecule has 1 N–H and O–H groups in total. The summed E-state index contributed by atoms with van der Waals surface area (Å²) in [6, 6.07) is 13.0. The minimum Gasteiger partial charge on any atom is -0.324 e. The van der Waals surface area contributed by atoms with Crippen LogP contribution in [0.25, 0.3) is 0 Å². The second-order valence-corrected chi connectivity index (χ2v) is 9.49. The van der Waals surface area contributed by atoms with Crippen LogP contribution in [0.5, 0.6) is 0 Å². The fraction of sp³-hybridized carbons (Fsp3) is 0.348. The van der Waals surface area contributed by atoms with E-state index in [0.29, 0.717) is 16.7 Å². The molecule has 0 aliphatic carbocycles. The zero-order valence-electron chi connectivity index (χ0n) is 16.4. The molecule has 3 amide bonds. The molecule has 4 heterocycles. The number of rotatable bonds is 1. The van der Waals surface area contributed by atoms with Gasteiger partial charge in [0, 0.05) is 21.8 Å². The molecule has 6 nitrogen and oxygen atoms in total. The summed E-state index contributed by atoms with van der Waals surface area (Å²) >= 11 is 3.48. The molecule has 4 aliphatic rings. The summed E-state index contributed by atoms with van der Waals surface area (Å²) in [7, 11) is 0. The number of anilines is 2. The lowest BCUT2D eigenvalue weighted by molar-refractivity contribution is -0.135. The number of hydrogen-bond donors (Lipinski definition) is 1. The van der Waals surface area contributed by atoms with Crippen LogP contribution in [0.4, 0.5) is 11.4 Å². The highest BCUT2D eigenvalue weighted by Crippen LogP contribution is 2.60. The molecule has 30 heavy (non-hydrogen) atoms. The smallest absolute Gasteiger partial charge is 0.250 e. The number of carbonyl (C=O) groups excluding carboxylic acids is 3. The number of nitrogens with zero attached hydrogens (tertiary/aromatic N) is 2. The molecule has 0 aromatic heterocycles. The van der Waals surface area contributed by atoms with Gasteiger partial charge in [0.2, 0.25) is 17.7 Å². The lowest BCUT2D eigenvalue weighted by Gasteiger charge is -2.36. The van der Waals surface area contributed by atoms with E-state index < -0.39 is 17.4 Å². The average molecular weight is 466 g/mol. The molecule has 3 fully saturated rings. The van der Waals surface area contributed by atoms with Crippen molar-refractivity contribution < 1.29 is 14.4 Å². The summed E-state index contributed by atoms with van der Waals surface area (Å²) < 4.78 is 0.691. The van der Waals surface area contributed by atoms with Crippen LogP contribution < -0.4 is 10.2 Å². The third-order valence-corrected chi connectivity index (χ3v) is 7.91. The second-order valence-electron chi connectivity index (χ2n) is 8.64. The van der Waals surface area contributed by atoms with E-state index in [9.17, 15) is 14.4 Å². The molecule has 3 saturated heterocycles. The summed E-state index contributed by atoms with van der Waals surface area (Å²) in [6.07, 6.45) is 1.74. The highest BCUT2D eigenvalue weighted by Gasteiger charge is 2.74. The van der Waals surface area contributed by atoms with Gasteiger partial charge in [0.1, 0.15) is 5.54 Å². The average Bonchev–Trinajstić information content (AvgIpc) is 3.42. The predicted octanol–water partition coefficient (Wildman–Crippen LogP) is 3.19. The number of aryl methyl sites for hydroxylation is 1. The molecule has 7 heteroatoms. The Morgan fingerprint density at radius 3 is 2.70 bits per heavy atom. The SMILES string of the molecule is Cc1ccc2c(c1)[C@]1(C(=O)N2)[C@@H]2C(=O)N(c3ccccc3Br)C(=O)[C@H]2[C@@H]2CCCN21. The van der Waals surface area contributed by atoms with Gasteiger partial charge in [-0.1, -0.05) is 29.8 Å². The lowest BCUT2D eigenvalue weighted by Crippen LogP contribution is -2.54. The maximum Gasteiger partial charge on any atom is 0.250 e. The first-order chi connectivity index (χ1) is 14.5. The fourth-order valence-corrected chi connectivity index (χ4v) is 6.65. The van der Waals surface area contributed by atoms with Crippen molar-refractivity contribution in [2.24, 2.45) is 11.8 Å². The van der Waals surface area contributed by atoms with Gasteiger partial charge in [0.05, 0.1) is 17.5 Å². The molecule has 4 atom stereocenters. The molecule has 0 unspecified atom stereocenters. The van der Waals surface area contributed by atoms with Gasteiger partial charge in [-0.3, -0.25) is 19.3 Å². The molecular weight excluding hydrogens is 446 g/mol. The van der Waals surface area contributed by atoms with Gasteiger partial charge in [-0.25, -0.2) is 4.90 Å². The number of halogens is 1. The Labute approximate surface area is 182 Å². The Morgan fingerprint density at radius 2 is 1.90 bits per heavy atom. The van der Waals surface area contributed by atoms with Gasteiger partial charge in [-0.05, 0) is 60.4 Å². The Hall–Kier alpha value is -2.51. The number of carbonyl (C=O) groups is 3. The largest absolute Gasteiger partial charge is 0.324 e. The van der Waals surface area contributed by atoms with Crippen molar-refractivity contribution in [3.63, 3.8) is 0 Å². The van der Waals surface area contributed by atoms with E-state index in [4.69, 9.17) is 0 Å². The van der Waals surface area contributed by atoms with Crippen LogP contribution in [0, 0.1) is 18.8 Å². The summed E-state index contributed by atoms with van der Waals surface area (Å²) in [5.41, 5.74) is 2.04. The maximum absolute atomic E-state index is 13.9. The summed E-state index contributed by atoms with van der Waals surface area (Å²) in [6.45, 7) is 2.70. The third kappa shape index (κ3) is 2.00. The van der Waals surface area contributed by atoms with Gasteiger partial charge < -0.3 is 5.32 Å². The fourth-order valence-electron chi connectivity index (χ4n) is 6.19. The van der Waals surface area contributed by atoms with Gasteiger partial charge in [-0.2, -0.15) is 0 Å². The normalized spacial score (nSPS) is 32.0. The van der Waals surface area contributed by atoms with Gasteiger partial charge >= 0.3 is 0 Å². The zero-order valence-corrected chi connectivity index (χ0v) is 18.0. The molecule has 2 aromatic carbocycles. The van der Waals surface area contributed by atoms with Crippen molar-refractivity contribution in [1.82, 2.24) is 4.90 Å². The molecule has 2 aromatic rings. The minimum absolute atomic E-state index is 0.101. The second kappa shape index (κ2) is 6.02. The standard InChI is InChI=1S/C23H20BrN3O3/c1-12-8-9-15-13(11-12)23(22(30)25-15)19-18(17-7-4-10-26(17)23)20(28)27(21(19)29)16-6-3-2-5-14(16)24/h2-3,5-6,8-9,11,17-19H,4,7,10H2,1H3,(H,25,30)/t17-,18-,19-,23+/m0/s1. The molecule has 6 rings (SSSR count). The monoisotopic (exact) mass is 465 g/mol. The summed E-state index contributed by atoms with van der Waals surface area (Å²) in [5.74, 6) is -1.89. The van der Waals surface area contributed by atoms with Crippen LogP contribution in [0.3, 0.4) is 0 Å². The number of amides is 3. The predicted molar refractivity (Wildman–Crippen MR) is 115 cm³/mol. The van der Waals surface area contributed by atoms with Crippen molar-refractivity contribution in [2.45, 2.75) is 31.3 Å². The van der Waals surface area contributed by atoms with Crippen molar-refractivity contribution in [3.05, 3.63) is 58.1 Å². The highest BCUT2D eigenvalue weighted by atomic mass is 79.9. The molecular formula is C23H20BrN3O3. The van der Waals surface area contributed by atoms with Crippen LogP contribution in [0.1, 0.15) is 24.0 Å². The van der Waals surface area contributed by atoms with Crippen LogP contribution in [-0.4, -0.2) is 35.2 Å². The van der Waals surface area contributed by atoms with Gasteiger partial charge in [-0.15, -0.1) is 0 Å². The molecule has 1 spiro atoms. The van der Waals surface area contributed by atoms with Gasteiger partial charge in [0.25, 0.3) is 0 Å². The van der Waals surface area contributed by atoms with E-state index in [-0.39, 0.29) is 23.8 Å². The molecule has 152 valence electrons. The third-order valence-electron chi connectivity index (χ3n) is 7.24.